The summed E-state index contributed by atoms with van der Waals surface area (Å²) in [5, 5.41) is 9.85. The molecule has 1 aliphatic heterocycles. The molecule has 0 spiro atoms. The van der Waals surface area contributed by atoms with Crippen molar-refractivity contribution in [1.82, 2.24) is 15.1 Å². The molecule has 82 valence electrons. The predicted molar refractivity (Wildman–Crippen MR) is 54.4 cm³/mol. The summed E-state index contributed by atoms with van der Waals surface area (Å²) in [6.07, 6.45) is 1.36. The fraction of sp³-hybridized carbons (Fsp3) is 0.556. The first-order valence-corrected chi connectivity index (χ1v) is 4.88. The van der Waals surface area contributed by atoms with Gasteiger partial charge in [0.15, 0.2) is 5.82 Å². The number of carbonyl (C=O) groups excluding carboxylic acids is 1. The zero-order valence-electron chi connectivity index (χ0n) is 8.56. The van der Waals surface area contributed by atoms with Gasteiger partial charge in [0.2, 0.25) is 0 Å². The largest absolute Gasteiger partial charge is 0.366 e. The number of morpholine rings is 1. The molecule has 0 unspecified atom stereocenters. The summed E-state index contributed by atoms with van der Waals surface area (Å²) in [7, 11) is 1.80. The number of hydrogen-bond donors (Lipinski definition) is 2. The van der Waals surface area contributed by atoms with Crippen LogP contribution in [-0.2, 0) is 16.6 Å². The van der Waals surface area contributed by atoms with E-state index in [1.165, 1.54) is 0 Å². The molecule has 1 amide bonds. The van der Waals surface area contributed by atoms with Crippen molar-refractivity contribution in [2.24, 2.45) is 7.05 Å². The van der Waals surface area contributed by atoms with Gasteiger partial charge in [-0.3, -0.25) is 9.48 Å². The number of rotatable bonds is 2. The van der Waals surface area contributed by atoms with E-state index in [0.29, 0.717) is 19.0 Å². The van der Waals surface area contributed by atoms with Crippen LogP contribution in [0, 0.1) is 0 Å². The van der Waals surface area contributed by atoms with Crippen LogP contribution < -0.4 is 10.6 Å². The lowest BCUT2D eigenvalue weighted by molar-refractivity contribution is -0.128. The second-order valence-corrected chi connectivity index (χ2v) is 3.43. The normalized spacial score (nSPS) is 21.3. The molecule has 0 aromatic carbocycles. The monoisotopic (exact) mass is 210 g/mol. The molecule has 1 fully saturated rings. The number of ether oxygens (including phenoxy) is 1. The summed E-state index contributed by atoms with van der Waals surface area (Å²) in [5.41, 5.74) is 0. The number of carbonyl (C=O) groups is 1. The van der Waals surface area contributed by atoms with E-state index in [9.17, 15) is 4.79 Å². The molecule has 1 aromatic heterocycles. The summed E-state index contributed by atoms with van der Waals surface area (Å²) < 4.78 is 6.94. The van der Waals surface area contributed by atoms with Crippen LogP contribution in [0.4, 0.5) is 5.82 Å². The topological polar surface area (TPSA) is 68.2 Å². The average Bonchev–Trinajstić information content (AvgIpc) is 2.65. The Kier molecular flexibility index (Phi) is 2.98. The lowest BCUT2D eigenvalue weighted by atomic mass is 10.3. The highest BCUT2D eigenvalue weighted by Crippen LogP contribution is 2.04. The zero-order chi connectivity index (χ0) is 10.7. The Morgan fingerprint density at radius 3 is 3.27 bits per heavy atom. The number of amides is 1. The molecule has 15 heavy (non-hydrogen) atoms. The maximum absolute atomic E-state index is 11.7. The summed E-state index contributed by atoms with van der Waals surface area (Å²) in [4.78, 5) is 11.7. The van der Waals surface area contributed by atoms with Gasteiger partial charge in [0.1, 0.15) is 6.10 Å². The predicted octanol–water partition coefficient (Wildman–Crippen LogP) is -0.653. The quantitative estimate of drug-likeness (QED) is 0.680. The van der Waals surface area contributed by atoms with E-state index in [4.69, 9.17) is 4.74 Å². The summed E-state index contributed by atoms with van der Waals surface area (Å²) in [6, 6.07) is 1.74. The molecule has 2 heterocycles. The van der Waals surface area contributed by atoms with Crippen molar-refractivity contribution < 1.29 is 9.53 Å². The van der Waals surface area contributed by atoms with Gasteiger partial charge in [0, 0.05) is 32.4 Å². The first-order valence-electron chi connectivity index (χ1n) is 4.88. The van der Waals surface area contributed by atoms with Gasteiger partial charge in [0.05, 0.1) is 6.61 Å². The van der Waals surface area contributed by atoms with Crippen LogP contribution in [-0.4, -0.2) is 41.5 Å². The van der Waals surface area contributed by atoms with Crippen LogP contribution in [0.15, 0.2) is 12.3 Å². The van der Waals surface area contributed by atoms with Gasteiger partial charge in [-0.15, -0.1) is 0 Å². The van der Waals surface area contributed by atoms with E-state index in [1.807, 2.05) is 0 Å². The standard InChI is InChI=1S/C9H14N4O2/c1-13-4-2-8(12-13)11-9(14)7-6-10-3-5-15-7/h2,4,7,10H,3,5-6H2,1H3,(H,11,12,14)/t7-/m0/s1. The minimum absolute atomic E-state index is 0.152. The Hall–Kier alpha value is -1.40. The highest BCUT2D eigenvalue weighted by atomic mass is 16.5. The first-order chi connectivity index (χ1) is 7.25. The zero-order valence-corrected chi connectivity index (χ0v) is 8.56. The van der Waals surface area contributed by atoms with Crippen LogP contribution >= 0.6 is 0 Å². The van der Waals surface area contributed by atoms with Crippen molar-refractivity contribution in [3.8, 4) is 0 Å². The van der Waals surface area contributed by atoms with Gasteiger partial charge >= 0.3 is 0 Å². The van der Waals surface area contributed by atoms with Crippen molar-refractivity contribution in [2.75, 3.05) is 25.0 Å². The van der Waals surface area contributed by atoms with E-state index < -0.39 is 6.10 Å². The van der Waals surface area contributed by atoms with Crippen LogP contribution in [0.3, 0.4) is 0 Å². The van der Waals surface area contributed by atoms with Crippen LogP contribution in [0.5, 0.6) is 0 Å². The van der Waals surface area contributed by atoms with Gasteiger partial charge < -0.3 is 15.4 Å². The minimum atomic E-state index is -0.416. The van der Waals surface area contributed by atoms with E-state index in [2.05, 4.69) is 15.7 Å². The Balaban J connectivity index is 1.91. The number of hydrogen-bond acceptors (Lipinski definition) is 4. The van der Waals surface area contributed by atoms with Crippen LogP contribution in [0.25, 0.3) is 0 Å². The van der Waals surface area contributed by atoms with Crippen molar-refractivity contribution >= 4 is 11.7 Å². The first kappa shape index (κ1) is 10.1. The van der Waals surface area contributed by atoms with Crippen molar-refractivity contribution in [3.63, 3.8) is 0 Å². The third kappa shape index (κ3) is 2.54. The lowest BCUT2D eigenvalue weighted by Crippen LogP contribution is -2.45. The maximum Gasteiger partial charge on any atom is 0.256 e. The Labute approximate surface area is 87.6 Å². The molecule has 1 saturated heterocycles. The molecule has 2 rings (SSSR count). The smallest absolute Gasteiger partial charge is 0.256 e. The molecule has 1 atom stereocenters. The molecule has 0 bridgehead atoms. The molecule has 6 heteroatoms. The third-order valence-electron chi connectivity index (χ3n) is 2.18. The van der Waals surface area contributed by atoms with E-state index in [1.54, 1.807) is 24.0 Å². The number of nitrogens with zero attached hydrogens (tertiary/aromatic N) is 2. The molecule has 0 saturated carbocycles. The average molecular weight is 210 g/mol. The summed E-state index contributed by atoms with van der Waals surface area (Å²) >= 11 is 0. The summed E-state index contributed by atoms with van der Waals surface area (Å²) in [5.74, 6) is 0.401. The number of aromatic nitrogens is 2. The minimum Gasteiger partial charge on any atom is -0.366 e. The summed E-state index contributed by atoms with van der Waals surface area (Å²) in [6.45, 7) is 1.92. The van der Waals surface area contributed by atoms with E-state index in [-0.39, 0.29) is 5.91 Å². The molecule has 1 aliphatic rings. The van der Waals surface area contributed by atoms with Crippen molar-refractivity contribution in [1.29, 1.82) is 0 Å². The highest BCUT2D eigenvalue weighted by Gasteiger charge is 2.22. The molecule has 1 aromatic rings. The Morgan fingerprint density at radius 1 is 1.80 bits per heavy atom. The van der Waals surface area contributed by atoms with E-state index >= 15 is 0 Å². The molecular weight excluding hydrogens is 196 g/mol. The highest BCUT2D eigenvalue weighted by molar-refractivity contribution is 5.93. The van der Waals surface area contributed by atoms with Gasteiger partial charge in [-0.25, -0.2) is 0 Å². The number of nitrogens with one attached hydrogen (secondary N) is 2. The Bertz CT molecular complexity index is 344. The van der Waals surface area contributed by atoms with Gasteiger partial charge in [-0.05, 0) is 0 Å². The van der Waals surface area contributed by atoms with E-state index in [0.717, 1.165) is 6.54 Å². The molecule has 6 nitrogen and oxygen atoms in total. The van der Waals surface area contributed by atoms with Crippen molar-refractivity contribution in [3.05, 3.63) is 12.3 Å². The molecular formula is C9H14N4O2. The van der Waals surface area contributed by atoms with Gasteiger partial charge in [-0.1, -0.05) is 0 Å². The fourth-order valence-corrected chi connectivity index (χ4v) is 1.42. The van der Waals surface area contributed by atoms with Crippen LogP contribution in [0.2, 0.25) is 0 Å². The second-order valence-electron chi connectivity index (χ2n) is 3.43. The molecule has 0 aliphatic carbocycles. The lowest BCUT2D eigenvalue weighted by Gasteiger charge is -2.22. The molecule has 0 radical (unpaired) electrons. The number of anilines is 1. The maximum atomic E-state index is 11.7. The van der Waals surface area contributed by atoms with Gasteiger partial charge in [-0.2, -0.15) is 5.10 Å². The van der Waals surface area contributed by atoms with Gasteiger partial charge in [0.25, 0.3) is 5.91 Å². The fourth-order valence-electron chi connectivity index (χ4n) is 1.42. The SMILES string of the molecule is Cn1ccc(NC(=O)[C@@H]2CNCCO2)n1. The Morgan fingerprint density at radius 2 is 2.67 bits per heavy atom. The number of aryl methyl sites for hydroxylation is 1. The second kappa shape index (κ2) is 4.41. The third-order valence-corrected chi connectivity index (χ3v) is 2.18. The van der Waals surface area contributed by atoms with Crippen LogP contribution in [0.1, 0.15) is 0 Å². The van der Waals surface area contributed by atoms with Crippen molar-refractivity contribution in [2.45, 2.75) is 6.10 Å². The molecule has 2 N–H and O–H groups in total.